The van der Waals surface area contributed by atoms with Crippen LogP contribution in [-0.4, -0.2) is 0 Å². The van der Waals surface area contributed by atoms with Gasteiger partial charge in [0.1, 0.15) is 0 Å². The Morgan fingerprint density at radius 2 is 0.333 bits per heavy atom. The fourth-order valence-electron chi connectivity index (χ4n) is 0. The second-order valence-electron chi connectivity index (χ2n) is 0. The predicted molar refractivity (Wildman–Crippen MR) is 55.8 cm³/mol. The molecular weight excluding hydrogens is 178 g/mol. The molecule has 0 N–H and O–H groups in total. The first-order chi connectivity index (χ1) is 3.00. The van der Waals surface area contributed by atoms with Gasteiger partial charge in [0.15, 0.2) is 0 Å². The highest BCUT2D eigenvalue weighted by molar-refractivity contribution is 5.86. The lowest BCUT2D eigenvalue weighted by Crippen LogP contribution is -0.856. The summed E-state index contributed by atoms with van der Waals surface area (Å²) < 4.78 is 0. The molecular formula is C6H21Cl3. The highest BCUT2D eigenvalue weighted by Crippen LogP contribution is 1.15. The van der Waals surface area contributed by atoms with Gasteiger partial charge < -0.3 is 0 Å². The van der Waals surface area contributed by atoms with Crippen molar-refractivity contribution in [1.29, 1.82) is 0 Å². The van der Waals surface area contributed by atoms with Crippen LogP contribution in [0.5, 0.6) is 0 Å². The summed E-state index contributed by atoms with van der Waals surface area (Å²) in [7, 11) is 0. The maximum absolute atomic E-state index is 2.00. The Balaban J connectivity index is -0.00000000321. The van der Waals surface area contributed by atoms with Crippen LogP contribution in [0.15, 0.2) is 0 Å². The quantitative estimate of drug-likeness (QED) is 0.544. The maximum atomic E-state index is 2.00. The van der Waals surface area contributed by atoms with Gasteiger partial charge in [-0.05, 0) is 0 Å². The minimum absolute atomic E-state index is 0. The second kappa shape index (κ2) is 726. The molecule has 0 nitrogen and oxygen atoms in total. The second-order valence-corrected chi connectivity index (χ2v) is 0. The lowest BCUT2D eigenvalue weighted by molar-refractivity contribution is 1.50. The van der Waals surface area contributed by atoms with E-state index in [4.69, 9.17) is 0 Å². The standard InChI is InChI=1S/3C2H6.3ClH/c3*1-2;;;/h3*1-2H3;3*1H. The van der Waals surface area contributed by atoms with Crippen molar-refractivity contribution in [3.05, 3.63) is 0 Å². The van der Waals surface area contributed by atoms with Gasteiger partial charge in [-0.1, -0.05) is 41.5 Å². The smallest absolute Gasteiger partial charge is 0.0683 e. The molecule has 9 heavy (non-hydrogen) atoms. The zero-order valence-corrected chi connectivity index (χ0v) is 9.67. The Morgan fingerprint density at radius 3 is 0.333 bits per heavy atom. The van der Waals surface area contributed by atoms with E-state index < -0.39 is 0 Å². The van der Waals surface area contributed by atoms with Gasteiger partial charge in [0.25, 0.3) is 0 Å². The van der Waals surface area contributed by atoms with Gasteiger partial charge >= 0.3 is 0 Å². The van der Waals surface area contributed by atoms with Gasteiger partial charge in [0, 0.05) is 0 Å². The number of halogens is 3. The first-order valence-electron chi connectivity index (χ1n) is 3.00. The molecule has 0 bridgehead atoms. The van der Waals surface area contributed by atoms with E-state index in [0.29, 0.717) is 0 Å². The van der Waals surface area contributed by atoms with Gasteiger partial charge in [-0.2, -0.15) is 0 Å². The Hall–Kier alpha value is 0.870. The van der Waals surface area contributed by atoms with Gasteiger partial charge in [0.2, 0.25) is 0 Å². The van der Waals surface area contributed by atoms with Crippen LogP contribution in [0.4, 0.5) is 0 Å². The third kappa shape index (κ3) is 553. The molecule has 0 aliphatic carbocycles. The van der Waals surface area contributed by atoms with Gasteiger partial charge in [-0.25, -0.2) is 0 Å². The molecule has 0 fully saturated rings. The number of hydrogen-bond donors (Lipinski definition) is 0. The van der Waals surface area contributed by atoms with E-state index in [2.05, 4.69) is 0 Å². The SMILES string of the molecule is CC.CC.CC.Cl.Cl.Cl. The van der Waals surface area contributed by atoms with Crippen LogP contribution < -0.4 is 0 Å². The lowest BCUT2D eigenvalue weighted by Gasteiger charge is -1.07. The molecule has 0 radical (unpaired) electrons. The van der Waals surface area contributed by atoms with Gasteiger partial charge in [-0.15, -0.1) is 37.2 Å². The summed E-state index contributed by atoms with van der Waals surface area (Å²) in [6, 6.07) is 0. The molecule has 0 aromatic carbocycles. The fraction of sp³-hybridized carbons (Fsp3) is 1.00. The average Bonchev–Trinajstić information content (AvgIpc) is 1.81. The molecule has 0 aliphatic heterocycles. The summed E-state index contributed by atoms with van der Waals surface area (Å²) in [4.78, 5) is 0. The topological polar surface area (TPSA) is 0 Å². The zero-order chi connectivity index (χ0) is 6.00. The van der Waals surface area contributed by atoms with E-state index in [-0.39, 0.29) is 37.2 Å². The minimum atomic E-state index is 0. The first kappa shape index (κ1) is 51.8. The van der Waals surface area contributed by atoms with Crippen molar-refractivity contribution in [2.75, 3.05) is 0 Å². The van der Waals surface area contributed by atoms with Crippen LogP contribution in [0.2, 0.25) is 0 Å². The predicted octanol–water partition coefficient (Wildman–Crippen LogP) is 4.34. The Kier molecular flexibility index (Phi) is 4180. The highest BCUT2D eigenvalue weighted by atomic mass is 35.5. The molecule has 0 amide bonds. The largest absolute Gasteiger partial charge is 0.147 e. The molecule has 0 aliphatic rings. The van der Waals surface area contributed by atoms with E-state index in [1.807, 2.05) is 41.5 Å². The van der Waals surface area contributed by atoms with E-state index in [9.17, 15) is 0 Å². The molecule has 0 heterocycles. The van der Waals surface area contributed by atoms with E-state index in [0.717, 1.165) is 0 Å². The minimum Gasteiger partial charge on any atom is -0.147 e. The molecule has 0 saturated heterocycles. The molecule has 66 valence electrons. The first-order valence-corrected chi connectivity index (χ1v) is 3.00. The van der Waals surface area contributed by atoms with Crippen molar-refractivity contribution in [3.63, 3.8) is 0 Å². The summed E-state index contributed by atoms with van der Waals surface area (Å²) in [5, 5.41) is 0. The summed E-state index contributed by atoms with van der Waals surface area (Å²) in [5.41, 5.74) is 0. The van der Waals surface area contributed by atoms with Crippen LogP contribution in [0.25, 0.3) is 0 Å². The molecule has 0 rings (SSSR count). The monoisotopic (exact) mass is 198 g/mol. The molecule has 3 heteroatoms. The van der Waals surface area contributed by atoms with E-state index >= 15 is 0 Å². The molecule has 0 saturated carbocycles. The highest BCUT2D eigenvalue weighted by Gasteiger charge is 0.936. The summed E-state index contributed by atoms with van der Waals surface area (Å²) in [6.45, 7) is 12.0. The van der Waals surface area contributed by atoms with Crippen LogP contribution in [-0.2, 0) is 0 Å². The number of rotatable bonds is 0. The molecule has 0 aromatic rings. The third-order valence-electron chi connectivity index (χ3n) is 0. The lowest BCUT2D eigenvalue weighted by atomic mass is 11.0. The van der Waals surface area contributed by atoms with Crippen LogP contribution in [0.1, 0.15) is 41.5 Å². The molecule has 0 unspecified atom stereocenters. The van der Waals surface area contributed by atoms with E-state index in [1.54, 1.807) is 0 Å². The average molecular weight is 200 g/mol. The van der Waals surface area contributed by atoms with Crippen molar-refractivity contribution in [1.82, 2.24) is 0 Å². The summed E-state index contributed by atoms with van der Waals surface area (Å²) >= 11 is 0. The maximum Gasteiger partial charge on any atom is -0.0683 e. The Morgan fingerprint density at radius 1 is 0.333 bits per heavy atom. The zero-order valence-electron chi connectivity index (χ0n) is 7.22. The van der Waals surface area contributed by atoms with Crippen LogP contribution in [0.3, 0.4) is 0 Å². The van der Waals surface area contributed by atoms with Crippen molar-refractivity contribution in [2.45, 2.75) is 41.5 Å². The number of hydrogen-bond acceptors (Lipinski definition) is 0. The van der Waals surface area contributed by atoms with Crippen LogP contribution in [0, 0.1) is 0 Å². The molecule has 0 spiro atoms. The summed E-state index contributed by atoms with van der Waals surface area (Å²) in [5.74, 6) is 0. The normalized spacial score (nSPS) is 2.00. The van der Waals surface area contributed by atoms with Gasteiger partial charge in [0.05, 0.1) is 0 Å². The third-order valence-corrected chi connectivity index (χ3v) is 0. The van der Waals surface area contributed by atoms with E-state index in [1.165, 1.54) is 0 Å². The van der Waals surface area contributed by atoms with Gasteiger partial charge in [-0.3, -0.25) is 0 Å². The molecule has 0 aromatic heterocycles. The van der Waals surface area contributed by atoms with Crippen molar-refractivity contribution >= 4 is 37.2 Å². The van der Waals surface area contributed by atoms with Crippen molar-refractivity contribution in [2.24, 2.45) is 0 Å². The Bertz CT molecular complexity index is 8.26. The Labute approximate surface area is 79.0 Å². The van der Waals surface area contributed by atoms with Crippen molar-refractivity contribution < 1.29 is 0 Å². The van der Waals surface area contributed by atoms with Crippen molar-refractivity contribution in [3.8, 4) is 0 Å². The van der Waals surface area contributed by atoms with Crippen LogP contribution >= 0.6 is 37.2 Å². The molecule has 0 atom stereocenters. The summed E-state index contributed by atoms with van der Waals surface area (Å²) in [6.07, 6.45) is 0. The fourth-order valence-corrected chi connectivity index (χ4v) is 0.